The highest BCUT2D eigenvalue weighted by Crippen LogP contribution is 2.26. The van der Waals surface area contributed by atoms with Crippen LogP contribution < -0.4 is 5.14 Å². The lowest BCUT2D eigenvalue weighted by molar-refractivity contribution is 0.566. The van der Waals surface area contributed by atoms with Gasteiger partial charge in [0, 0.05) is 17.6 Å². The first kappa shape index (κ1) is 18.7. The Hall–Kier alpha value is -2.62. The van der Waals surface area contributed by atoms with Crippen molar-refractivity contribution in [1.82, 2.24) is 19.5 Å². The molecule has 3 aromatic heterocycles. The van der Waals surface area contributed by atoms with Gasteiger partial charge in [-0.15, -0.1) is 11.6 Å². The predicted octanol–water partition coefficient (Wildman–Crippen LogP) is 2.86. The Morgan fingerprint density at radius 1 is 1.21 bits per heavy atom. The third-order valence-corrected chi connectivity index (χ3v) is 5.60. The van der Waals surface area contributed by atoms with E-state index in [9.17, 15) is 12.8 Å². The molecule has 0 aliphatic carbocycles. The standard InChI is InChI=1S/C18H15ClFN5O2S/c1-10-2-4-12-17-14(8-22-18(12)23-10)24-16(7-19)25(17)9-11-3-5-15(13(20)6-11)28(21,26)27/h2-6,8H,7,9H2,1H3,(H2,21,26,27). The van der Waals surface area contributed by atoms with Gasteiger partial charge in [-0.3, -0.25) is 0 Å². The number of aryl methyl sites for hydroxylation is 1. The summed E-state index contributed by atoms with van der Waals surface area (Å²) in [5, 5.41) is 5.82. The second kappa shape index (κ2) is 6.77. The van der Waals surface area contributed by atoms with Crippen LogP contribution in [0.15, 0.2) is 41.4 Å². The molecule has 0 atom stereocenters. The molecule has 0 fully saturated rings. The zero-order chi connectivity index (χ0) is 20.1. The molecule has 28 heavy (non-hydrogen) atoms. The molecule has 2 N–H and O–H groups in total. The normalized spacial score (nSPS) is 12.1. The van der Waals surface area contributed by atoms with E-state index in [0.29, 0.717) is 22.6 Å². The first-order chi connectivity index (χ1) is 13.3. The third-order valence-electron chi connectivity index (χ3n) is 4.42. The Bertz CT molecular complexity index is 1340. The zero-order valence-electron chi connectivity index (χ0n) is 14.7. The van der Waals surface area contributed by atoms with E-state index in [4.69, 9.17) is 16.7 Å². The van der Waals surface area contributed by atoms with E-state index in [2.05, 4.69) is 15.0 Å². The van der Waals surface area contributed by atoms with Gasteiger partial charge in [-0.25, -0.2) is 32.9 Å². The van der Waals surface area contributed by atoms with Gasteiger partial charge < -0.3 is 4.57 Å². The number of nitrogens with two attached hydrogens (primary N) is 1. The van der Waals surface area contributed by atoms with Crippen molar-refractivity contribution in [3.63, 3.8) is 0 Å². The average Bonchev–Trinajstić information content (AvgIpc) is 2.98. The molecule has 4 rings (SSSR count). The van der Waals surface area contributed by atoms with E-state index >= 15 is 0 Å². The highest BCUT2D eigenvalue weighted by molar-refractivity contribution is 7.89. The maximum Gasteiger partial charge on any atom is 0.240 e. The Morgan fingerprint density at radius 3 is 2.68 bits per heavy atom. The Balaban J connectivity index is 1.89. The van der Waals surface area contributed by atoms with Crippen LogP contribution in [0.3, 0.4) is 0 Å². The lowest BCUT2D eigenvalue weighted by Crippen LogP contribution is -2.14. The number of rotatable bonds is 4. The Kier molecular flexibility index (Phi) is 4.53. The van der Waals surface area contributed by atoms with Gasteiger partial charge in [0.15, 0.2) is 5.65 Å². The molecular weight excluding hydrogens is 405 g/mol. The number of hydrogen-bond donors (Lipinski definition) is 1. The lowest BCUT2D eigenvalue weighted by atomic mass is 10.2. The monoisotopic (exact) mass is 419 g/mol. The average molecular weight is 420 g/mol. The van der Waals surface area contributed by atoms with Crippen molar-refractivity contribution in [3.8, 4) is 0 Å². The van der Waals surface area contributed by atoms with Gasteiger partial charge in [0.25, 0.3) is 0 Å². The first-order valence-electron chi connectivity index (χ1n) is 8.26. The number of fused-ring (bicyclic) bond motifs is 3. The van der Waals surface area contributed by atoms with Crippen molar-refractivity contribution in [3.05, 3.63) is 59.4 Å². The van der Waals surface area contributed by atoms with Crippen molar-refractivity contribution < 1.29 is 12.8 Å². The van der Waals surface area contributed by atoms with Crippen LogP contribution in [0.5, 0.6) is 0 Å². The van der Waals surface area contributed by atoms with Crippen LogP contribution in [0.2, 0.25) is 0 Å². The summed E-state index contributed by atoms with van der Waals surface area (Å²) in [4.78, 5) is 12.8. The summed E-state index contributed by atoms with van der Waals surface area (Å²) in [7, 11) is -4.12. The minimum absolute atomic E-state index is 0.146. The molecule has 0 aliphatic rings. The molecule has 1 aromatic carbocycles. The smallest absolute Gasteiger partial charge is 0.240 e. The minimum Gasteiger partial charge on any atom is -0.322 e. The largest absolute Gasteiger partial charge is 0.322 e. The fraction of sp³-hybridized carbons (Fsp3) is 0.167. The van der Waals surface area contributed by atoms with Crippen molar-refractivity contribution in [2.45, 2.75) is 24.2 Å². The molecule has 0 amide bonds. The number of aromatic nitrogens is 4. The van der Waals surface area contributed by atoms with Crippen LogP contribution in [0.4, 0.5) is 4.39 Å². The van der Waals surface area contributed by atoms with Crippen LogP contribution in [-0.4, -0.2) is 27.9 Å². The molecule has 4 aromatic rings. The van der Waals surface area contributed by atoms with E-state index in [1.54, 1.807) is 6.20 Å². The summed E-state index contributed by atoms with van der Waals surface area (Å²) in [6.07, 6.45) is 1.63. The lowest BCUT2D eigenvalue weighted by Gasteiger charge is -2.10. The first-order valence-corrected chi connectivity index (χ1v) is 10.3. The summed E-state index contributed by atoms with van der Waals surface area (Å²) in [6, 6.07) is 7.60. The van der Waals surface area contributed by atoms with E-state index in [-0.39, 0.29) is 12.4 Å². The molecular formula is C18H15ClFN5O2S. The second-order valence-corrected chi connectivity index (χ2v) is 8.17. The van der Waals surface area contributed by atoms with Gasteiger partial charge in [0.2, 0.25) is 10.0 Å². The Labute approximate surface area is 165 Å². The summed E-state index contributed by atoms with van der Waals surface area (Å²) < 4.78 is 38.9. The van der Waals surface area contributed by atoms with Crippen LogP contribution >= 0.6 is 11.6 Å². The van der Waals surface area contributed by atoms with Gasteiger partial charge in [0.05, 0.1) is 17.6 Å². The highest BCUT2D eigenvalue weighted by Gasteiger charge is 2.18. The molecule has 0 aliphatic heterocycles. The van der Waals surface area contributed by atoms with E-state index < -0.39 is 20.7 Å². The van der Waals surface area contributed by atoms with E-state index in [0.717, 1.165) is 28.7 Å². The van der Waals surface area contributed by atoms with Crippen molar-refractivity contribution in [2.75, 3.05) is 0 Å². The van der Waals surface area contributed by atoms with Gasteiger partial charge in [-0.05, 0) is 36.8 Å². The predicted molar refractivity (Wildman–Crippen MR) is 104 cm³/mol. The number of imidazole rings is 1. The minimum atomic E-state index is -4.12. The Morgan fingerprint density at radius 2 is 2.00 bits per heavy atom. The molecule has 3 heterocycles. The molecule has 0 saturated carbocycles. The number of benzene rings is 1. The van der Waals surface area contributed by atoms with Crippen LogP contribution in [0.1, 0.15) is 17.1 Å². The fourth-order valence-electron chi connectivity index (χ4n) is 3.17. The van der Waals surface area contributed by atoms with Gasteiger partial charge in [-0.2, -0.15) is 0 Å². The molecule has 10 heteroatoms. The fourth-order valence-corrected chi connectivity index (χ4v) is 3.96. The summed E-state index contributed by atoms with van der Waals surface area (Å²) in [5.74, 6) is -0.171. The number of sulfonamides is 1. The summed E-state index contributed by atoms with van der Waals surface area (Å²) in [5.41, 5.74) is 3.38. The number of hydrogen-bond acceptors (Lipinski definition) is 5. The molecule has 0 unspecified atom stereocenters. The van der Waals surface area contributed by atoms with Gasteiger partial charge in [-0.1, -0.05) is 6.07 Å². The van der Waals surface area contributed by atoms with Crippen molar-refractivity contribution >= 4 is 43.7 Å². The molecule has 0 bridgehead atoms. The van der Waals surface area contributed by atoms with Crippen molar-refractivity contribution in [1.29, 1.82) is 0 Å². The summed E-state index contributed by atoms with van der Waals surface area (Å²) in [6.45, 7) is 2.12. The number of pyridine rings is 2. The second-order valence-electron chi connectivity index (χ2n) is 6.37. The highest BCUT2D eigenvalue weighted by atomic mass is 35.5. The van der Waals surface area contributed by atoms with Crippen LogP contribution in [0.25, 0.3) is 22.1 Å². The molecule has 7 nitrogen and oxygen atoms in total. The van der Waals surface area contributed by atoms with Gasteiger partial charge >= 0.3 is 0 Å². The number of halogens is 2. The maximum atomic E-state index is 14.2. The van der Waals surface area contributed by atoms with Crippen LogP contribution in [-0.2, 0) is 22.4 Å². The quantitative estimate of drug-likeness (QED) is 0.512. The molecule has 0 radical (unpaired) electrons. The zero-order valence-corrected chi connectivity index (χ0v) is 16.3. The van der Waals surface area contributed by atoms with E-state index in [1.165, 1.54) is 6.07 Å². The SMILES string of the molecule is Cc1ccc2c(ncc3nc(CCl)n(Cc4ccc(S(N)(=O)=O)c(F)c4)c32)n1. The summed E-state index contributed by atoms with van der Waals surface area (Å²) >= 11 is 6.07. The van der Waals surface area contributed by atoms with Crippen LogP contribution in [0, 0.1) is 12.7 Å². The topological polar surface area (TPSA) is 104 Å². The van der Waals surface area contributed by atoms with Crippen molar-refractivity contribution in [2.24, 2.45) is 5.14 Å². The number of nitrogens with zero attached hydrogens (tertiary/aromatic N) is 4. The van der Waals surface area contributed by atoms with Gasteiger partial charge in [0.1, 0.15) is 22.1 Å². The number of alkyl halides is 1. The third kappa shape index (κ3) is 3.21. The van der Waals surface area contributed by atoms with E-state index in [1.807, 2.05) is 23.6 Å². The maximum absolute atomic E-state index is 14.2. The molecule has 144 valence electrons. The molecule has 0 spiro atoms. The molecule has 0 saturated heterocycles. The number of primary sulfonamides is 1.